The molecule has 0 spiro atoms. The molecular weight excluding hydrogens is 683 g/mol. The molecule has 0 radical (unpaired) electrons. The fraction of sp³-hybridized carbons (Fsp3) is 0. The van der Waals surface area contributed by atoms with Crippen LogP contribution in [0.3, 0.4) is 0 Å². The van der Waals surface area contributed by atoms with Crippen molar-refractivity contribution in [2.45, 2.75) is 0 Å². The smallest absolute Gasteiger partial charge is 0.181 e. The van der Waals surface area contributed by atoms with Gasteiger partial charge in [-0.1, -0.05) is 84.9 Å². The maximum atomic E-state index is 5.01. The van der Waals surface area contributed by atoms with Crippen molar-refractivity contribution in [3.8, 4) is 0 Å². The predicted octanol–water partition coefficient (Wildman–Crippen LogP) is 10.9. The first-order valence-electron chi connectivity index (χ1n) is 17.5. The number of nitrogens with zero attached hydrogens (tertiary/aromatic N) is 5. The molecule has 0 atom stereocenters. The van der Waals surface area contributed by atoms with Gasteiger partial charge in [-0.2, -0.15) is 0 Å². The molecule has 0 saturated carbocycles. The summed E-state index contributed by atoms with van der Waals surface area (Å²) in [5, 5.41) is 2.55. The third kappa shape index (κ3) is 9.94. The Morgan fingerprint density at radius 2 is 0.745 bits per heavy atom. The van der Waals surface area contributed by atoms with E-state index in [4.69, 9.17) is 4.42 Å². The van der Waals surface area contributed by atoms with Crippen LogP contribution >= 0.6 is 0 Å². The fourth-order valence-electron chi connectivity index (χ4n) is 5.46. The molecule has 0 saturated heterocycles. The van der Waals surface area contributed by atoms with Gasteiger partial charge in [0.15, 0.2) is 12.0 Å². The van der Waals surface area contributed by atoms with Gasteiger partial charge in [0.1, 0.15) is 5.52 Å². The first-order chi connectivity index (χ1) is 27.3. The lowest BCUT2D eigenvalue weighted by molar-refractivity contribution is 0.602. The van der Waals surface area contributed by atoms with Crippen LogP contribution in [0.15, 0.2) is 206 Å². The largest absolute Gasteiger partial charge is 0.443 e. The second-order valence-corrected chi connectivity index (χ2v) is 11.8. The van der Waals surface area contributed by atoms with Gasteiger partial charge in [-0.05, 0) is 83.6 Å². The maximum absolute atomic E-state index is 5.01. The highest BCUT2D eigenvalue weighted by molar-refractivity contribution is 5.80. The molecule has 268 valence electrons. The highest BCUT2D eigenvalue weighted by Gasteiger charge is 1.93. The molecule has 0 amide bonds. The lowest BCUT2D eigenvalue weighted by atomic mass is 10.3. The van der Waals surface area contributed by atoms with E-state index in [0.29, 0.717) is 0 Å². The van der Waals surface area contributed by atoms with Crippen molar-refractivity contribution in [1.82, 2.24) is 44.9 Å². The molecule has 6 heterocycles. The lowest BCUT2D eigenvalue weighted by Crippen LogP contribution is -1.78. The Hall–Kier alpha value is -7.85. The summed E-state index contributed by atoms with van der Waals surface area (Å²) in [5.74, 6) is 0. The predicted molar refractivity (Wildman–Crippen MR) is 222 cm³/mol. The van der Waals surface area contributed by atoms with E-state index in [1.807, 2.05) is 134 Å². The third-order valence-corrected chi connectivity index (χ3v) is 8.19. The number of H-pyrrole nitrogens is 4. The first kappa shape index (κ1) is 35.5. The molecule has 12 aromatic rings. The van der Waals surface area contributed by atoms with Gasteiger partial charge in [0, 0.05) is 35.8 Å². The van der Waals surface area contributed by atoms with Crippen LogP contribution in [0.4, 0.5) is 0 Å². The van der Waals surface area contributed by atoms with E-state index in [-0.39, 0.29) is 0 Å². The van der Waals surface area contributed by atoms with Crippen molar-refractivity contribution in [3.05, 3.63) is 202 Å². The number of oxazole rings is 1. The fourth-order valence-corrected chi connectivity index (χ4v) is 5.46. The molecule has 4 N–H and O–H groups in total. The molecule has 10 heteroatoms. The van der Waals surface area contributed by atoms with Crippen molar-refractivity contribution in [2.75, 3.05) is 0 Å². The Bertz CT molecular complexity index is 2340. The number of fused-ring (bicyclic) bond motifs is 6. The minimum absolute atomic E-state index is 0.845. The molecule has 10 nitrogen and oxygen atoms in total. The van der Waals surface area contributed by atoms with Crippen molar-refractivity contribution in [3.63, 3.8) is 0 Å². The second kappa shape index (κ2) is 18.6. The summed E-state index contributed by atoms with van der Waals surface area (Å²) in [6.45, 7) is 0. The van der Waals surface area contributed by atoms with Gasteiger partial charge in [-0.15, -0.1) is 0 Å². The monoisotopic (exact) mass is 719 g/mol. The summed E-state index contributed by atoms with van der Waals surface area (Å²) in [4.78, 5) is 32.6. The van der Waals surface area contributed by atoms with Crippen LogP contribution in [0, 0.1) is 0 Å². The molecule has 0 aliphatic rings. The molecular formula is C45H37N9O. The van der Waals surface area contributed by atoms with Gasteiger partial charge in [0.25, 0.3) is 0 Å². The van der Waals surface area contributed by atoms with Crippen LogP contribution in [0.25, 0.3) is 66.0 Å². The lowest BCUT2D eigenvalue weighted by Gasteiger charge is -1.90. The Labute approximate surface area is 316 Å². The minimum Gasteiger partial charge on any atom is -0.443 e. The van der Waals surface area contributed by atoms with Crippen molar-refractivity contribution < 1.29 is 4.42 Å². The van der Waals surface area contributed by atoms with E-state index in [2.05, 4.69) is 81.3 Å². The topological polar surface area (TPSA) is 141 Å². The average Bonchev–Trinajstić information content (AvgIpc) is 4.12. The summed E-state index contributed by atoms with van der Waals surface area (Å²) in [6.07, 6.45) is 12.1. The quantitative estimate of drug-likeness (QED) is 0.123. The molecule has 6 aromatic carbocycles. The van der Waals surface area contributed by atoms with Crippen molar-refractivity contribution in [2.24, 2.45) is 0 Å². The Morgan fingerprint density at radius 3 is 1.22 bits per heavy atom. The second-order valence-electron chi connectivity index (χ2n) is 11.8. The minimum atomic E-state index is 0.845. The normalized spacial score (nSPS) is 10.2. The zero-order valence-electron chi connectivity index (χ0n) is 29.7. The molecule has 0 bridgehead atoms. The van der Waals surface area contributed by atoms with Crippen LogP contribution < -0.4 is 0 Å². The van der Waals surface area contributed by atoms with E-state index >= 15 is 0 Å². The van der Waals surface area contributed by atoms with Crippen LogP contribution in [0.1, 0.15) is 0 Å². The van der Waals surface area contributed by atoms with Gasteiger partial charge in [0.05, 0.1) is 45.8 Å². The van der Waals surface area contributed by atoms with Gasteiger partial charge in [-0.25, -0.2) is 15.0 Å². The van der Waals surface area contributed by atoms with Gasteiger partial charge < -0.3 is 24.4 Å². The number of benzene rings is 6. The number of imidazole rings is 2. The average molecular weight is 720 g/mol. The molecule has 12 rings (SSSR count). The molecule has 0 fully saturated rings. The molecule has 0 aliphatic heterocycles. The summed E-state index contributed by atoms with van der Waals surface area (Å²) in [5.41, 5.74) is 10.3. The molecule has 6 aromatic heterocycles. The molecule has 0 aliphatic carbocycles. The van der Waals surface area contributed by atoms with Crippen LogP contribution in [0.5, 0.6) is 0 Å². The summed E-state index contributed by atoms with van der Waals surface area (Å²) < 4.78 is 5.01. The highest BCUT2D eigenvalue weighted by Crippen LogP contribution is 2.11. The van der Waals surface area contributed by atoms with Crippen molar-refractivity contribution in [1.29, 1.82) is 0 Å². The van der Waals surface area contributed by atoms with E-state index in [1.165, 1.54) is 28.2 Å². The Balaban J connectivity index is 0.000000102. The number of aromatic nitrogens is 9. The van der Waals surface area contributed by atoms with E-state index in [9.17, 15) is 0 Å². The Kier molecular flexibility index (Phi) is 12.0. The maximum Gasteiger partial charge on any atom is 0.181 e. The Morgan fingerprint density at radius 1 is 0.327 bits per heavy atom. The number of nitrogens with one attached hydrogen (secondary N) is 4. The first-order valence-corrected chi connectivity index (χ1v) is 17.5. The summed E-state index contributed by atoms with van der Waals surface area (Å²) >= 11 is 0. The van der Waals surface area contributed by atoms with E-state index < -0.39 is 0 Å². The van der Waals surface area contributed by atoms with Crippen LogP contribution in [-0.4, -0.2) is 44.9 Å². The zero-order valence-corrected chi connectivity index (χ0v) is 29.7. The third-order valence-electron chi connectivity index (χ3n) is 8.19. The SMILES string of the molecule is c1ccc2[nH]ccc2c1.c1ccc2[nH]ccc2c1.c1ccc2[nH]cnc2c1.c1ccc2[nH]cnc2c1.c1ccc2nccnc2c1.c1ccc2ocnc2c1. The van der Waals surface area contributed by atoms with Gasteiger partial charge in [0.2, 0.25) is 0 Å². The molecule has 0 unspecified atom stereocenters. The van der Waals surface area contributed by atoms with Crippen LogP contribution in [0.2, 0.25) is 0 Å². The van der Waals surface area contributed by atoms with Crippen molar-refractivity contribution >= 4 is 66.0 Å². The van der Waals surface area contributed by atoms with Gasteiger partial charge >= 0.3 is 0 Å². The van der Waals surface area contributed by atoms with Crippen LogP contribution in [-0.2, 0) is 0 Å². The standard InChI is InChI=1S/C8H6N2.2C8H7N.2C7H6N2.C7H5NO/c1-2-4-8-7(3-1)9-5-6-10-8;2*1-2-4-8-7(3-1)5-6-9-8;3*1-2-4-7-6(3-1)8-5-9-7/h1-6H;2*1-6,9H;2*1-5H,(H,8,9);1-5H. The number of para-hydroxylation sites is 10. The highest BCUT2D eigenvalue weighted by atomic mass is 16.3. The molecule has 55 heavy (non-hydrogen) atoms. The number of aromatic amines is 4. The zero-order chi connectivity index (χ0) is 37.3. The summed E-state index contributed by atoms with van der Waals surface area (Å²) in [7, 11) is 0. The number of hydrogen-bond donors (Lipinski definition) is 4. The summed E-state index contributed by atoms with van der Waals surface area (Å²) in [6, 6.07) is 51.9. The number of rotatable bonds is 0. The number of hydrogen-bond acceptors (Lipinski definition) is 6. The van der Waals surface area contributed by atoms with Gasteiger partial charge in [-0.3, -0.25) is 9.97 Å². The van der Waals surface area contributed by atoms with E-state index in [0.717, 1.165) is 44.2 Å². The van der Waals surface area contributed by atoms with E-state index in [1.54, 1.807) is 25.0 Å².